The normalized spacial score (nSPS) is 11.4. The average Bonchev–Trinajstić information content (AvgIpc) is 1.55. The molecule has 0 spiro atoms. The summed E-state index contributed by atoms with van der Waals surface area (Å²) >= 11 is 0. The van der Waals surface area contributed by atoms with E-state index < -0.39 is 0 Å². The van der Waals surface area contributed by atoms with Crippen LogP contribution in [-0.4, -0.2) is 4.57 Å². The number of para-hydroxylation sites is 3. The highest BCUT2D eigenvalue weighted by Crippen LogP contribution is 2.46. The maximum Gasteiger partial charge on any atom is 0.0547 e. The minimum atomic E-state index is 1.01. The number of fused-ring (bicyclic) bond motifs is 3. The smallest absolute Gasteiger partial charge is 0.0547 e. The van der Waals surface area contributed by atoms with E-state index >= 15 is 0 Å². The number of anilines is 6. The maximum atomic E-state index is 2.62. The molecule has 0 amide bonds. The molecule has 0 N–H and O–H groups in total. The Bertz CT molecular complexity index is 4910. The van der Waals surface area contributed by atoms with Gasteiger partial charge in [-0.05, 0) is 221 Å². The van der Waals surface area contributed by atoms with E-state index in [1.807, 2.05) is 0 Å². The molecular weight excluding hydrogens is 1160 g/mol. The summed E-state index contributed by atoms with van der Waals surface area (Å²) in [5, 5.41) is 2.47. The first-order chi connectivity index (χ1) is 47.3. The van der Waals surface area contributed by atoms with Gasteiger partial charge in [0.25, 0.3) is 0 Å². The summed E-state index contributed by atoms with van der Waals surface area (Å²) in [5.74, 6) is 0. The van der Waals surface area contributed by atoms with Gasteiger partial charge in [-0.3, -0.25) is 0 Å². The van der Waals surface area contributed by atoms with Crippen LogP contribution in [0.4, 0.5) is 34.1 Å². The number of hydrogen-bond acceptors (Lipinski definition) is 2. The molecule has 3 heteroatoms. The molecule has 0 radical (unpaired) electrons. The van der Waals surface area contributed by atoms with Gasteiger partial charge in [-0.1, -0.05) is 270 Å². The van der Waals surface area contributed by atoms with Crippen LogP contribution in [0.15, 0.2) is 303 Å². The van der Waals surface area contributed by atoms with Crippen LogP contribution in [0.2, 0.25) is 0 Å². The van der Waals surface area contributed by atoms with E-state index in [1.54, 1.807) is 0 Å². The molecule has 0 fully saturated rings. The van der Waals surface area contributed by atoms with Crippen molar-refractivity contribution in [3.05, 3.63) is 331 Å². The summed E-state index contributed by atoms with van der Waals surface area (Å²) < 4.78 is 2.52. The third-order valence-electron chi connectivity index (χ3n) is 19.5. The molecule has 0 aliphatic carbocycles. The van der Waals surface area contributed by atoms with Crippen molar-refractivity contribution in [1.82, 2.24) is 4.57 Å². The Morgan fingerprint density at radius 1 is 0.271 bits per heavy atom. The van der Waals surface area contributed by atoms with E-state index in [9.17, 15) is 0 Å². The second-order valence-electron chi connectivity index (χ2n) is 26.2. The van der Waals surface area contributed by atoms with Gasteiger partial charge < -0.3 is 14.4 Å². The second kappa shape index (κ2) is 28.9. The summed E-state index contributed by atoms with van der Waals surface area (Å²) in [6, 6.07) is 113. The molecule has 96 heavy (non-hydrogen) atoms. The van der Waals surface area contributed by atoms with Crippen molar-refractivity contribution < 1.29 is 0 Å². The number of aromatic nitrogens is 1. The summed E-state index contributed by atoms with van der Waals surface area (Å²) in [6.45, 7) is 11.3. The average molecular weight is 1240 g/mol. The molecule has 0 bridgehead atoms. The van der Waals surface area contributed by atoms with Crippen molar-refractivity contribution in [2.45, 2.75) is 98.8 Å². The van der Waals surface area contributed by atoms with Crippen molar-refractivity contribution >= 4 is 55.9 Å². The molecule has 0 saturated carbocycles. The van der Waals surface area contributed by atoms with E-state index in [2.05, 4.69) is 352 Å². The van der Waals surface area contributed by atoms with Crippen molar-refractivity contribution in [2.24, 2.45) is 0 Å². The van der Waals surface area contributed by atoms with Crippen LogP contribution in [-0.2, 0) is 12.8 Å². The lowest BCUT2D eigenvalue weighted by Crippen LogP contribution is -2.11. The summed E-state index contributed by atoms with van der Waals surface area (Å²) in [7, 11) is 0. The Hall–Kier alpha value is -10.7. The Balaban J connectivity index is 0.903. The predicted octanol–water partition coefficient (Wildman–Crippen LogP) is 26.9. The summed E-state index contributed by atoms with van der Waals surface area (Å²) in [4.78, 5) is 4.81. The molecule has 3 nitrogen and oxygen atoms in total. The van der Waals surface area contributed by atoms with Crippen LogP contribution >= 0.6 is 0 Å². The quantitative estimate of drug-likeness (QED) is 0.0592. The molecule has 1 aromatic heterocycles. The van der Waals surface area contributed by atoms with Gasteiger partial charge >= 0.3 is 0 Å². The van der Waals surface area contributed by atoms with Gasteiger partial charge in [-0.2, -0.15) is 0 Å². The summed E-state index contributed by atoms with van der Waals surface area (Å²) in [6.07, 6.45) is 11.6. The molecular formula is C93H85N3. The van der Waals surface area contributed by atoms with Crippen molar-refractivity contribution in [3.63, 3.8) is 0 Å². The zero-order valence-corrected chi connectivity index (χ0v) is 56.3. The van der Waals surface area contributed by atoms with E-state index in [1.165, 1.54) is 155 Å². The van der Waals surface area contributed by atoms with E-state index in [0.717, 1.165) is 65.5 Å². The Morgan fingerprint density at radius 2 is 0.750 bits per heavy atom. The first kappa shape index (κ1) is 62.7. The third-order valence-corrected chi connectivity index (χ3v) is 19.5. The molecule has 1 heterocycles. The highest BCUT2D eigenvalue weighted by Gasteiger charge is 2.23. The molecule has 14 aromatic rings. The zero-order chi connectivity index (χ0) is 65.3. The fraction of sp³-hybridized carbons (Fsp3) is 0.161. The van der Waals surface area contributed by atoms with Gasteiger partial charge in [0, 0.05) is 50.5 Å². The number of hydrogen-bond donors (Lipinski definition) is 0. The standard InChI is InChI=1S/C93H85N3/c1-6-8-10-15-28-76-64-89(85-58-56-84(60-68(85)5)95(91-37-24-23-36-86(91)73-26-17-12-18-27-73)81-52-46-71(47-53-81)69-42-38-66(3)39-43-69)77(29-16-11-9-7-2)63-88(76)78-50-57-87-90-62-75(74-30-25-35-83(61-74)94(79-31-19-13-20-32-79)80-33-21-14-22-34-80)51-59-92(90)96(93(87)65-78)82-54-48-72(49-55-82)70-44-40-67(4)41-45-70/h12-14,17-27,30-65H,6-11,15-16,28-29H2,1-5H3. The topological polar surface area (TPSA) is 11.4 Å². The Kier molecular flexibility index (Phi) is 18.8. The lowest BCUT2D eigenvalue weighted by atomic mass is 9.85. The van der Waals surface area contributed by atoms with Crippen LogP contribution in [0.25, 0.3) is 94.3 Å². The van der Waals surface area contributed by atoms with Crippen LogP contribution in [0, 0.1) is 20.8 Å². The largest absolute Gasteiger partial charge is 0.310 e. The fourth-order valence-corrected chi connectivity index (χ4v) is 14.3. The number of aryl methyl sites for hydroxylation is 5. The monoisotopic (exact) mass is 1240 g/mol. The molecule has 13 aromatic carbocycles. The molecule has 0 aliphatic heterocycles. The van der Waals surface area contributed by atoms with Crippen LogP contribution < -0.4 is 9.80 Å². The predicted molar refractivity (Wildman–Crippen MR) is 413 cm³/mol. The summed E-state index contributed by atoms with van der Waals surface area (Å²) in [5.41, 5.74) is 31.8. The molecule has 0 atom stereocenters. The van der Waals surface area contributed by atoms with E-state index in [-0.39, 0.29) is 0 Å². The zero-order valence-electron chi connectivity index (χ0n) is 56.3. The first-order valence-electron chi connectivity index (χ1n) is 34.9. The number of unbranched alkanes of at least 4 members (excludes halogenated alkanes) is 6. The van der Waals surface area contributed by atoms with Gasteiger partial charge in [0.1, 0.15) is 0 Å². The lowest BCUT2D eigenvalue weighted by Gasteiger charge is -2.29. The van der Waals surface area contributed by atoms with Gasteiger partial charge in [0.2, 0.25) is 0 Å². The molecule has 472 valence electrons. The second-order valence-corrected chi connectivity index (χ2v) is 26.2. The SMILES string of the molecule is CCCCCCc1cc(-c2ccc(N(c3ccc(-c4ccc(C)cc4)cc3)c3ccccc3-c3ccccc3)cc2C)c(CCCCCC)cc1-c1ccc2c3cc(-c4cccc(N(c5ccccc5)c5ccccc5)c4)ccc3n(-c3ccc(-c4ccc(C)cc4)cc3)c2c1. The van der Waals surface area contributed by atoms with Gasteiger partial charge in [-0.15, -0.1) is 0 Å². The number of nitrogens with zero attached hydrogens (tertiary/aromatic N) is 3. The van der Waals surface area contributed by atoms with E-state index in [0.29, 0.717) is 0 Å². The van der Waals surface area contributed by atoms with Crippen molar-refractivity contribution in [1.29, 1.82) is 0 Å². The first-order valence-corrected chi connectivity index (χ1v) is 34.9. The van der Waals surface area contributed by atoms with Gasteiger partial charge in [-0.25, -0.2) is 0 Å². The maximum absolute atomic E-state index is 2.62. The minimum Gasteiger partial charge on any atom is -0.310 e. The number of rotatable bonds is 23. The minimum absolute atomic E-state index is 1.01. The van der Waals surface area contributed by atoms with Gasteiger partial charge in [0.15, 0.2) is 0 Å². The lowest BCUT2D eigenvalue weighted by molar-refractivity contribution is 0.664. The third kappa shape index (κ3) is 13.4. The van der Waals surface area contributed by atoms with E-state index in [4.69, 9.17) is 0 Å². The molecule has 14 rings (SSSR count). The van der Waals surface area contributed by atoms with Crippen molar-refractivity contribution in [2.75, 3.05) is 9.80 Å². The van der Waals surface area contributed by atoms with Gasteiger partial charge in [0.05, 0.1) is 16.7 Å². The highest BCUT2D eigenvalue weighted by atomic mass is 15.1. The van der Waals surface area contributed by atoms with Crippen LogP contribution in [0.1, 0.15) is 93.0 Å². The molecule has 0 saturated heterocycles. The van der Waals surface area contributed by atoms with Crippen LogP contribution in [0.3, 0.4) is 0 Å². The molecule has 0 aliphatic rings. The number of benzene rings is 13. The molecule has 0 unspecified atom stereocenters. The van der Waals surface area contributed by atoms with Crippen molar-refractivity contribution in [3.8, 4) is 72.4 Å². The Labute approximate surface area is 569 Å². The highest BCUT2D eigenvalue weighted by molar-refractivity contribution is 6.11. The van der Waals surface area contributed by atoms with Crippen LogP contribution in [0.5, 0.6) is 0 Å². The Morgan fingerprint density at radius 3 is 1.36 bits per heavy atom. The fourth-order valence-electron chi connectivity index (χ4n) is 14.3.